The maximum atomic E-state index is 5.51. The van der Waals surface area contributed by atoms with Crippen molar-refractivity contribution in [3.8, 4) is 0 Å². The molecule has 0 fully saturated rings. The third-order valence-electron chi connectivity index (χ3n) is 1.88. The monoisotopic (exact) mass is 240 g/mol. The van der Waals surface area contributed by atoms with Gasteiger partial charge in [0.25, 0.3) is 0 Å². The SMILES string of the molecule is C=C/C=C(\C=C/C(=C)N)C(/C=C\C(=C)N)=C/C=C. The Kier molecular flexibility index (Phi) is 7.46. The highest BCUT2D eigenvalue weighted by Crippen LogP contribution is 2.15. The van der Waals surface area contributed by atoms with Crippen LogP contribution in [-0.4, -0.2) is 0 Å². The van der Waals surface area contributed by atoms with Gasteiger partial charge < -0.3 is 11.5 Å². The lowest BCUT2D eigenvalue weighted by Crippen LogP contribution is -1.92. The van der Waals surface area contributed by atoms with E-state index in [0.29, 0.717) is 11.4 Å². The van der Waals surface area contributed by atoms with Gasteiger partial charge in [-0.2, -0.15) is 0 Å². The van der Waals surface area contributed by atoms with Crippen LogP contribution in [0.3, 0.4) is 0 Å². The molecule has 0 atom stereocenters. The quantitative estimate of drug-likeness (QED) is 0.671. The molecule has 94 valence electrons. The molecule has 0 aromatic rings. The highest BCUT2D eigenvalue weighted by atomic mass is 14.5. The van der Waals surface area contributed by atoms with Crippen LogP contribution in [0.2, 0.25) is 0 Å². The van der Waals surface area contributed by atoms with Crippen LogP contribution < -0.4 is 11.5 Å². The van der Waals surface area contributed by atoms with Crippen molar-refractivity contribution in [1.82, 2.24) is 0 Å². The molecule has 18 heavy (non-hydrogen) atoms. The van der Waals surface area contributed by atoms with E-state index < -0.39 is 0 Å². The van der Waals surface area contributed by atoms with Crippen LogP contribution in [0, 0.1) is 0 Å². The lowest BCUT2D eigenvalue weighted by molar-refractivity contribution is 1.42. The van der Waals surface area contributed by atoms with Crippen molar-refractivity contribution in [1.29, 1.82) is 0 Å². The molecule has 0 aromatic carbocycles. The first-order valence-corrected chi connectivity index (χ1v) is 5.42. The molecule has 0 aromatic heterocycles. The molecule has 0 spiro atoms. The van der Waals surface area contributed by atoms with Crippen LogP contribution in [0.15, 0.2) is 97.5 Å². The minimum absolute atomic E-state index is 0.482. The smallest absolute Gasteiger partial charge is 0.0241 e. The molecule has 2 nitrogen and oxygen atoms in total. The van der Waals surface area contributed by atoms with Gasteiger partial charge in [0.1, 0.15) is 0 Å². The zero-order valence-corrected chi connectivity index (χ0v) is 10.6. The van der Waals surface area contributed by atoms with Gasteiger partial charge in [-0.05, 0) is 23.3 Å². The van der Waals surface area contributed by atoms with Crippen molar-refractivity contribution in [3.05, 3.63) is 97.5 Å². The zero-order valence-electron chi connectivity index (χ0n) is 10.6. The first-order chi connectivity index (χ1) is 8.51. The van der Waals surface area contributed by atoms with Crippen LogP contribution in [0.25, 0.3) is 0 Å². The molecular formula is C16H20N2. The van der Waals surface area contributed by atoms with E-state index in [1.165, 1.54) is 0 Å². The predicted molar refractivity (Wildman–Crippen MR) is 81.5 cm³/mol. The van der Waals surface area contributed by atoms with Gasteiger partial charge in [0.2, 0.25) is 0 Å². The molecule has 0 unspecified atom stereocenters. The van der Waals surface area contributed by atoms with Gasteiger partial charge in [0, 0.05) is 11.4 Å². The van der Waals surface area contributed by atoms with E-state index >= 15 is 0 Å². The average Bonchev–Trinajstić information content (AvgIpc) is 2.29. The second-order valence-corrected chi connectivity index (χ2v) is 3.53. The fraction of sp³-hybridized carbons (Fsp3) is 0. The molecular weight excluding hydrogens is 220 g/mol. The maximum absolute atomic E-state index is 5.51. The summed E-state index contributed by atoms with van der Waals surface area (Å²) in [4.78, 5) is 0. The van der Waals surface area contributed by atoms with E-state index in [-0.39, 0.29) is 0 Å². The Morgan fingerprint density at radius 3 is 1.22 bits per heavy atom. The van der Waals surface area contributed by atoms with E-state index in [9.17, 15) is 0 Å². The second-order valence-electron chi connectivity index (χ2n) is 3.53. The van der Waals surface area contributed by atoms with Crippen LogP contribution in [0.1, 0.15) is 0 Å². The van der Waals surface area contributed by atoms with Gasteiger partial charge in [-0.1, -0.05) is 62.8 Å². The molecule has 0 aliphatic heterocycles. The molecule has 0 aliphatic carbocycles. The van der Waals surface area contributed by atoms with Crippen molar-refractivity contribution in [2.45, 2.75) is 0 Å². The van der Waals surface area contributed by atoms with Crippen molar-refractivity contribution in [2.24, 2.45) is 11.5 Å². The zero-order chi connectivity index (χ0) is 14.0. The van der Waals surface area contributed by atoms with Crippen molar-refractivity contribution < 1.29 is 0 Å². The number of allylic oxidation sites excluding steroid dienone is 10. The molecule has 0 bridgehead atoms. The van der Waals surface area contributed by atoms with E-state index in [2.05, 4.69) is 26.3 Å². The fourth-order valence-corrected chi connectivity index (χ4v) is 1.14. The van der Waals surface area contributed by atoms with Gasteiger partial charge in [-0.25, -0.2) is 0 Å². The Bertz CT molecular complexity index is 413. The van der Waals surface area contributed by atoms with Crippen LogP contribution >= 0.6 is 0 Å². The summed E-state index contributed by atoms with van der Waals surface area (Å²) < 4.78 is 0. The normalized spacial score (nSPS) is 12.9. The highest BCUT2D eigenvalue weighted by molar-refractivity contribution is 5.50. The van der Waals surface area contributed by atoms with E-state index in [0.717, 1.165) is 11.1 Å². The molecule has 4 N–H and O–H groups in total. The van der Waals surface area contributed by atoms with Crippen LogP contribution in [-0.2, 0) is 0 Å². The summed E-state index contributed by atoms with van der Waals surface area (Å²) in [6.45, 7) is 14.6. The molecule has 0 saturated heterocycles. The highest BCUT2D eigenvalue weighted by Gasteiger charge is 1.96. The molecule has 0 saturated carbocycles. The summed E-state index contributed by atoms with van der Waals surface area (Å²) >= 11 is 0. The second kappa shape index (κ2) is 8.65. The van der Waals surface area contributed by atoms with Crippen molar-refractivity contribution in [2.75, 3.05) is 0 Å². The van der Waals surface area contributed by atoms with Gasteiger partial charge in [0.05, 0.1) is 0 Å². The summed E-state index contributed by atoms with van der Waals surface area (Å²) in [7, 11) is 0. The van der Waals surface area contributed by atoms with E-state index in [1.807, 2.05) is 24.3 Å². The molecule has 0 rings (SSSR count). The lowest BCUT2D eigenvalue weighted by Gasteiger charge is -2.03. The third-order valence-corrected chi connectivity index (χ3v) is 1.88. The summed E-state index contributed by atoms with van der Waals surface area (Å²) in [6.07, 6.45) is 14.2. The topological polar surface area (TPSA) is 52.0 Å². The maximum Gasteiger partial charge on any atom is 0.0241 e. The Hall–Kier alpha value is -2.48. The Morgan fingerprint density at radius 2 is 1.00 bits per heavy atom. The number of rotatable bonds is 7. The summed E-state index contributed by atoms with van der Waals surface area (Å²) in [5, 5.41) is 0. The molecule has 2 heteroatoms. The first kappa shape index (κ1) is 15.5. The summed E-state index contributed by atoms with van der Waals surface area (Å²) in [5.74, 6) is 0. The van der Waals surface area contributed by atoms with Crippen LogP contribution in [0.4, 0.5) is 0 Å². The molecule has 0 radical (unpaired) electrons. The molecule has 0 aliphatic rings. The Morgan fingerprint density at radius 1 is 0.667 bits per heavy atom. The summed E-state index contributed by atoms with van der Waals surface area (Å²) in [5.41, 5.74) is 13.8. The average molecular weight is 240 g/mol. The number of hydrogen-bond acceptors (Lipinski definition) is 2. The van der Waals surface area contributed by atoms with Gasteiger partial charge in [-0.3, -0.25) is 0 Å². The fourth-order valence-electron chi connectivity index (χ4n) is 1.14. The van der Waals surface area contributed by atoms with Gasteiger partial charge in [-0.15, -0.1) is 0 Å². The Balaban J connectivity index is 5.39. The summed E-state index contributed by atoms with van der Waals surface area (Å²) in [6, 6.07) is 0. The Labute approximate surface area is 109 Å². The first-order valence-electron chi connectivity index (χ1n) is 5.42. The largest absolute Gasteiger partial charge is 0.399 e. The van der Waals surface area contributed by atoms with E-state index in [1.54, 1.807) is 24.3 Å². The third kappa shape index (κ3) is 6.90. The minimum atomic E-state index is 0.482. The van der Waals surface area contributed by atoms with E-state index in [4.69, 9.17) is 11.5 Å². The minimum Gasteiger partial charge on any atom is -0.399 e. The van der Waals surface area contributed by atoms with Gasteiger partial charge >= 0.3 is 0 Å². The number of hydrogen-bond donors (Lipinski definition) is 2. The predicted octanol–water partition coefficient (Wildman–Crippen LogP) is 3.27. The van der Waals surface area contributed by atoms with Gasteiger partial charge in [0.15, 0.2) is 0 Å². The molecule has 0 amide bonds. The molecule has 0 heterocycles. The number of nitrogens with two attached hydrogens (primary N) is 2. The van der Waals surface area contributed by atoms with Crippen molar-refractivity contribution >= 4 is 0 Å². The van der Waals surface area contributed by atoms with Crippen LogP contribution in [0.5, 0.6) is 0 Å². The standard InChI is InChI=1S/C16H20N2/c1-5-7-15(11-9-13(3)17)16(8-6-2)12-10-14(4)18/h5-12H,1-4,17-18H2/b11-9-,12-10-,15-7+,16-8+. The lowest BCUT2D eigenvalue weighted by atomic mass is 10.0. The van der Waals surface area contributed by atoms with Crippen molar-refractivity contribution in [3.63, 3.8) is 0 Å².